The highest BCUT2D eigenvalue weighted by Crippen LogP contribution is 2.15. The largest absolute Gasteiger partial charge is 0.207 e. The fourth-order valence-corrected chi connectivity index (χ4v) is 3.36. The molecule has 0 heterocycles. The lowest BCUT2D eigenvalue weighted by molar-refractivity contribution is 0.587. The van der Waals surface area contributed by atoms with E-state index in [9.17, 15) is 8.78 Å². The first kappa shape index (κ1) is 23.3. The second-order valence-corrected chi connectivity index (χ2v) is 8.03. The second-order valence-electron chi connectivity index (χ2n) is 8.03. The van der Waals surface area contributed by atoms with Gasteiger partial charge in [0.1, 0.15) is 11.6 Å². The monoisotopic (exact) mass is 426 g/mol. The standard InChI is InChI=1S/C30H28F2/c1-3-4-5-6-7-8-27-19-16-25(21-29(27)31)13-14-26-17-20-28(30(32)22-26)18-15-24-11-9-23(2)10-12-24/h9-12,16-17,19-22H,3-8H2,1-2H3. The van der Waals surface area contributed by atoms with Crippen LogP contribution in [0.1, 0.15) is 72.4 Å². The minimum atomic E-state index is -0.416. The summed E-state index contributed by atoms with van der Waals surface area (Å²) in [5, 5.41) is 0. The van der Waals surface area contributed by atoms with E-state index in [0.717, 1.165) is 36.0 Å². The fourth-order valence-electron chi connectivity index (χ4n) is 3.36. The van der Waals surface area contributed by atoms with Gasteiger partial charge in [0.2, 0.25) is 0 Å². The fraction of sp³-hybridized carbons (Fsp3) is 0.267. The number of rotatable bonds is 6. The van der Waals surface area contributed by atoms with Crippen LogP contribution >= 0.6 is 0 Å². The van der Waals surface area contributed by atoms with E-state index in [1.54, 1.807) is 12.1 Å². The average molecular weight is 427 g/mol. The van der Waals surface area contributed by atoms with Crippen LogP contribution in [0.2, 0.25) is 0 Å². The molecule has 0 spiro atoms. The van der Waals surface area contributed by atoms with Crippen LogP contribution in [0.3, 0.4) is 0 Å². The van der Waals surface area contributed by atoms with Gasteiger partial charge in [-0.25, -0.2) is 8.78 Å². The Morgan fingerprint density at radius 1 is 0.625 bits per heavy atom. The molecule has 0 aliphatic heterocycles. The molecule has 0 aromatic heterocycles. The molecule has 3 aromatic carbocycles. The van der Waals surface area contributed by atoms with Crippen LogP contribution in [0.25, 0.3) is 0 Å². The summed E-state index contributed by atoms with van der Waals surface area (Å²) in [6, 6.07) is 17.6. The van der Waals surface area contributed by atoms with Gasteiger partial charge in [0.05, 0.1) is 5.56 Å². The van der Waals surface area contributed by atoms with Crippen molar-refractivity contribution in [1.82, 2.24) is 0 Å². The van der Waals surface area contributed by atoms with Crippen molar-refractivity contribution < 1.29 is 8.78 Å². The molecule has 0 bridgehead atoms. The molecule has 0 unspecified atom stereocenters. The highest BCUT2D eigenvalue weighted by atomic mass is 19.1. The van der Waals surface area contributed by atoms with Gasteiger partial charge in [-0.15, -0.1) is 0 Å². The van der Waals surface area contributed by atoms with Crippen molar-refractivity contribution in [3.8, 4) is 23.7 Å². The van der Waals surface area contributed by atoms with Crippen LogP contribution in [0.5, 0.6) is 0 Å². The average Bonchev–Trinajstić information content (AvgIpc) is 2.79. The van der Waals surface area contributed by atoms with Gasteiger partial charge in [-0.05, 0) is 67.8 Å². The molecule has 0 aliphatic rings. The number of aryl methyl sites for hydroxylation is 2. The molecule has 0 radical (unpaired) electrons. The van der Waals surface area contributed by atoms with Gasteiger partial charge in [0.15, 0.2) is 0 Å². The predicted octanol–water partition coefficient (Wildman–Crippen LogP) is 7.59. The van der Waals surface area contributed by atoms with Crippen molar-refractivity contribution in [3.05, 3.63) is 106 Å². The number of halogens is 2. The number of hydrogen-bond acceptors (Lipinski definition) is 0. The highest BCUT2D eigenvalue weighted by Gasteiger charge is 2.03. The van der Waals surface area contributed by atoms with Crippen LogP contribution in [-0.4, -0.2) is 0 Å². The summed E-state index contributed by atoms with van der Waals surface area (Å²) < 4.78 is 28.8. The Morgan fingerprint density at radius 3 is 1.88 bits per heavy atom. The molecule has 2 heteroatoms. The lowest BCUT2D eigenvalue weighted by atomic mass is 10.0. The lowest BCUT2D eigenvalue weighted by Gasteiger charge is -2.04. The summed E-state index contributed by atoms with van der Waals surface area (Å²) >= 11 is 0. The Hall–Kier alpha value is -3.36. The normalized spacial score (nSPS) is 10.1. The maximum absolute atomic E-state index is 14.4. The van der Waals surface area contributed by atoms with Gasteiger partial charge in [-0.2, -0.15) is 0 Å². The van der Waals surface area contributed by atoms with Crippen molar-refractivity contribution in [2.75, 3.05) is 0 Å². The molecule has 162 valence electrons. The SMILES string of the molecule is CCCCCCCc1ccc(C#Cc2ccc(C#Cc3ccc(C)cc3)c(F)c2)cc1F. The topological polar surface area (TPSA) is 0 Å². The van der Waals surface area contributed by atoms with E-state index in [2.05, 4.69) is 30.6 Å². The van der Waals surface area contributed by atoms with Crippen LogP contribution in [0, 0.1) is 42.2 Å². The third-order valence-corrected chi connectivity index (χ3v) is 5.32. The first-order valence-corrected chi connectivity index (χ1v) is 11.2. The molecule has 0 fully saturated rings. The summed E-state index contributed by atoms with van der Waals surface area (Å²) in [7, 11) is 0. The summed E-state index contributed by atoms with van der Waals surface area (Å²) in [5.74, 6) is 11.1. The molecule has 3 aromatic rings. The quantitative estimate of drug-likeness (QED) is 0.281. The van der Waals surface area contributed by atoms with Crippen molar-refractivity contribution in [2.24, 2.45) is 0 Å². The third-order valence-electron chi connectivity index (χ3n) is 5.32. The Kier molecular flexibility index (Phi) is 8.65. The van der Waals surface area contributed by atoms with E-state index in [0.29, 0.717) is 16.7 Å². The predicted molar refractivity (Wildman–Crippen MR) is 128 cm³/mol. The Balaban J connectivity index is 1.64. The van der Waals surface area contributed by atoms with Crippen molar-refractivity contribution in [1.29, 1.82) is 0 Å². The van der Waals surface area contributed by atoms with Crippen molar-refractivity contribution in [2.45, 2.75) is 52.4 Å². The number of unbranched alkanes of at least 4 members (excludes halogenated alkanes) is 4. The Morgan fingerprint density at radius 2 is 1.22 bits per heavy atom. The second kappa shape index (κ2) is 11.9. The zero-order chi connectivity index (χ0) is 22.8. The molecule has 0 atom stereocenters. The molecule has 0 amide bonds. The molecule has 0 saturated carbocycles. The molecule has 32 heavy (non-hydrogen) atoms. The highest BCUT2D eigenvalue weighted by molar-refractivity contribution is 5.49. The summed E-state index contributed by atoms with van der Waals surface area (Å²) in [6.07, 6.45) is 6.52. The first-order chi connectivity index (χ1) is 15.5. The Bertz CT molecular complexity index is 1170. The van der Waals surface area contributed by atoms with E-state index >= 15 is 0 Å². The van der Waals surface area contributed by atoms with Crippen molar-refractivity contribution >= 4 is 0 Å². The van der Waals surface area contributed by atoms with Gasteiger partial charge in [0, 0.05) is 16.7 Å². The lowest BCUT2D eigenvalue weighted by Crippen LogP contribution is -1.92. The number of benzene rings is 3. The van der Waals surface area contributed by atoms with Crippen LogP contribution in [-0.2, 0) is 6.42 Å². The van der Waals surface area contributed by atoms with Crippen LogP contribution in [0.4, 0.5) is 8.78 Å². The maximum Gasteiger partial charge on any atom is 0.140 e. The maximum atomic E-state index is 14.4. The first-order valence-electron chi connectivity index (χ1n) is 11.2. The van der Waals surface area contributed by atoms with Crippen molar-refractivity contribution in [3.63, 3.8) is 0 Å². The summed E-state index contributed by atoms with van der Waals surface area (Å²) in [6.45, 7) is 4.19. The Labute approximate surface area is 190 Å². The van der Waals surface area contributed by atoms with E-state index in [1.165, 1.54) is 31.4 Å². The summed E-state index contributed by atoms with van der Waals surface area (Å²) in [4.78, 5) is 0. The van der Waals surface area contributed by atoms with E-state index < -0.39 is 5.82 Å². The smallest absolute Gasteiger partial charge is 0.140 e. The molecule has 0 aliphatic carbocycles. The third kappa shape index (κ3) is 7.11. The zero-order valence-electron chi connectivity index (χ0n) is 18.8. The van der Waals surface area contributed by atoms with Gasteiger partial charge >= 0.3 is 0 Å². The molecule has 3 rings (SSSR count). The molecule has 0 nitrogen and oxygen atoms in total. The van der Waals surface area contributed by atoms with Crippen LogP contribution < -0.4 is 0 Å². The van der Waals surface area contributed by atoms with Gasteiger partial charge in [-0.1, -0.05) is 80.1 Å². The van der Waals surface area contributed by atoms with Gasteiger partial charge < -0.3 is 0 Å². The molecule has 0 N–H and O–H groups in total. The number of hydrogen-bond donors (Lipinski definition) is 0. The minimum Gasteiger partial charge on any atom is -0.207 e. The summed E-state index contributed by atoms with van der Waals surface area (Å²) in [5.41, 5.74) is 4.16. The van der Waals surface area contributed by atoms with Crippen LogP contribution in [0.15, 0.2) is 60.7 Å². The molecular formula is C30H28F2. The molecule has 0 saturated heterocycles. The van der Waals surface area contributed by atoms with E-state index in [-0.39, 0.29) is 5.82 Å². The minimum absolute atomic E-state index is 0.222. The van der Waals surface area contributed by atoms with E-state index in [4.69, 9.17) is 0 Å². The zero-order valence-corrected chi connectivity index (χ0v) is 18.8. The molecular weight excluding hydrogens is 398 g/mol. The van der Waals surface area contributed by atoms with Gasteiger partial charge in [-0.3, -0.25) is 0 Å². The van der Waals surface area contributed by atoms with E-state index in [1.807, 2.05) is 43.3 Å². The van der Waals surface area contributed by atoms with Gasteiger partial charge in [0.25, 0.3) is 0 Å².